The molecule has 0 spiro atoms. The van der Waals surface area contributed by atoms with Gasteiger partial charge in [0.25, 0.3) is 5.91 Å². The SMILES string of the molecule is CCOC(=O)[C@@H]1C[C@H]1CN(CCCc1ccccc1)C(=O)c1ccoc1. The number of rotatable bonds is 9. The molecule has 0 aliphatic heterocycles. The third-order valence-corrected chi connectivity index (χ3v) is 4.76. The van der Waals surface area contributed by atoms with Crippen molar-refractivity contribution in [1.29, 1.82) is 0 Å². The van der Waals surface area contributed by atoms with Crippen molar-refractivity contribution in [3.05, 3.63) is 60.1 Å². The van der Waals surface area contributed by atoms with Crippen LogP contribution in [-0.2, 0) is 16.0 Å². The van der Waals surface area contributed by atoms with E-state index >= 15 is 0 Å². The zero-order valence-electron chi connectivity index (χ0n) is 15.1. The number of carbonyl (C=O) groups is 2. The van der Waals surface area contributed by atoms with E-state index in [9.17, 15) is 9.59 Å². The summed E-state index contributed by atoms with van der Waals surface area (Å²) < 4.78 is 10.1. The number of hydrogen-bond donors (Lipinski definition) is 0. The monoisotopic (exact) mass is 355 g/mol. The van der Waals surface area contributed by atoms with Crippen LogP contribution in [0.5, 0.6) is 0 Å². The van der Waals surface area contributed by atoms with Crippen molar-refractivity contribution in [2.75, 3.05) is 19.7 Å². The molecule has 1 aliphatic rings. The first-order chi connectivity index (χ1) is 12.7. The Labute approximate surface area is 153 Å². The third-order valence-electron chi connectivity index (χ3n) is 4.76. The van der Waals surface area contributed by atoms with Gasteiger partial charge in [0.15, 0.2) is 0 Å². The van der Waals surface area contributed by atoms with Crippen LogP contribution in [0.2, 0.25) is 0 Å². The number of ether oxygens (including phenoxy) is 1. The predicted molar refractivity (Wildman–Crippen MR) is 97.6 cm³/mol. The number of hydrogen-bond acceptors (Lipinski definition) is 4. The van der Waals surface area contributed by atoms with Crippen molar-refractivity contribution < 1.29 is 18.7 Å². The molecule has 5 nitrogen and oxygen atoms in total. The zero-order chi connectivity index (χ0) is 18.4. The smallest absolute Gasteiger partial charge is 0.309 e. The molecule has 138 valence electrons. The minimum Gasteiger partial charge on any atom is -0.472 e. The quantitative estimate of drug-likeness (QED) is 0.646. The Morgan fingerprint density at radius 1 is 1.23 bits per heavy atom. The fraction of sp³-hybridized carbons (Fsp3) is 0.429. The van der Waals surface area contributed by atoms with Gasteiger partial charge < -0.3 is 14.1 Å². The largest absolute Gasteiger partial charge is 0.472 e. The van der Waals surface area contributed by atoms with Gasteiger partial charge in [0.2, 0.25) is 0 Å². The highest BCUT2D eigenvalue weighted by molar-refractivity contribution is 5.93. The third kappa shape index (κ3) is 4.75. The molecule has 1 amide bonds. The molecule has 1 saturated carbocycles. The Kier molecular flexibility index (Phi) is 6.10. The molecule has 1 aromatic heterocycles. The van der Waals surface area contributed by atoms with E-state index < -0.39 is 0 Å². The fourth-order valence-electron chi connectivity index (χ4n) is 3.23. The molecule has 3 rings (SSSR count). The topological polar surface area (TPSA) is 59.8 Å². The van der Waals surface area contributed by atoms with Gasteiger partial charge in [-0.3, -0.25) is 9.59 Å². The number of esters is 1. The number of carbonyl (C=O) groups excluding carboxylic acids is 2. The lowest BCUT2D eigenvalue weighted by Crippen LogP contribution is -2.34. The normalized spacial score (nSPS) is 18.3. The van der Waals surface area contributed by atoms with Crippen LogP contribution >= 0.6 is 0 Å². The zero-order valence-corrected chi connectivity index (χ0v) is 15.1. The van der Waals surface area contributed by atoms with Crippen molar-refractivity contribution >= 4 is 11.9 Å². The van der Waals surface area contributed by atoms with Crippen molar-refractivity contribution in [3.8, 4) is 0 Å². The van der Waals surface area contributed by atoms with Gasteiger partial charge in [-0.25, -0.2) is 0 Å². The number of benzene rings is 1. The van der Waals surface area contributed by atoms with Crippen molar-refractivity contribution in [1.82, 2.24) is 4.90 Å². The summed E-state index contributed by atoms with van der Waals surface area (Å²) in [4.78, 5) is 26.5. The van der Waals surface area contributed by atoms with Crippen LogP contribution in [0.1, 0.15) is 35.7 Å². The second-order valence-corrected chi connectivity index (χ2v) is 6.71. The van der Waals surface area contributed by atoms with Crippen LogP contribution in [0, 0.1) is 11.8 Å². The average molecular weight is 355 g/mol. The van der Waals surface area contributed by atoms with E-state index in [-0.39, 0.29) is 23.7 Å². The van der Waals surface area contributed by atoms with Gasteiger partial charge in [-0.1, -0.05) is 30.3 Å². The van der Waals surface area contributed by atoms with E-state index in [0.717, 1.165) is 19.3 Å². The van der Waals surface area contributed by atoms with Gasteiger partial charge in [0, 0.05) is 13.1 Å². The summed E-state index contributed by atoms with van der Waals surface area (Å²) in [5, 5.41) is 0. The van der Waals surface area contributed by atoms with Crippen LogP contribution in [-0.4, -0.2) is 36.5 Å². The minimum absolute atomic E-state index is 0.0404. The van der Waals surface area contributed by atoms with E-state index in [4.69, 9.17) is 9.15 Å². The second kappa shape index (κ2) is 8.70. The first kappa shape index (κ1) is 18.2. The molecule has 1 heterocycles. The van der Waals surface area contributed by atoms with Gasteiger partial charge in [0.1, 0.15) is 6.26 Å². The minimum atomic E-state index is -0.141. The number of amides is 1. The molecule has 0 unspecified atom stereocenters. The molecule has 0 N–H and O–H groups in total. The summed E-state index contributed by atoms with van der Waals surface area (Å²) in [6.45, 7) is 3.46. The molecule has 0 saturated heterocycles. The van der Waals surface area contributed by atoms with Crippen LogP contribution in [0.3, 0.4) is 0 Å². The molecule has 0 bridgehead atoms. The van der Waals surface area contributed by atoms with Crippen molar-refractivity contribution in [3.63, 3.8) is 0 Å². The molecule has 0 radical (unpaired) electrons. The van der Waals surface area contributed by atoms with Crippen molar-refractivity contribution in [2.24, 2.45) is 11.8 Å². The molecule has 26 heavy (non-hydrogen) atoms. The van der Waals surface area contributed by atoms with E-state index in [2.05, 4.69) is 12.1 Å². The van der Waals surface area contributed by atoms with Gasteiger partial charge >= 0.3 is 5.97 Å². The lowest BCUT2D eigenvalue weighted by atomic mass is 10.1. The molecule has 1 aromatic carbocycles. The first-order valence-corrected chi connectivity index (χ1v) is 9.21. The number of nitrogens with zero attached hydrogens (tertiary/aromatic N) is 1. The predicted octanol–water partition coefficient (Wildman–Crippen LogP) is 3.55. The van der Waals surface area contributed by atoms with Crippen LogP contribution in [0.25, 0.3) is 0 Å². The summed E-state index contributed by atoms with van der Waals surface area (Å²) >= 11 is 0. The molecule has 2 aromatic rings. The lowest BCUT2D eigenvalue weighted by molar-refractivity contribution is -0.145. The maximum atomic E-state index is 12.8. The Morgan fingerprint density at radius 3 is 2.73 bits per heavy atom. The molecular weight excluding hydrogens is 330 g/mol. The maximum Gasteiger partial charge on any atom is 0.309 e. The number of furan rings is 1. The summed E-state index contributed by atoms with van der Waals surface area (Å²) in [6, 6.07) is 11.9. The Hall–Kier alpha value is -2.56. The molecule has 2 atom stereocenters. The van der Waals surface area contributed by atoms with E-state index in [0.29, 0.717) is 25.3 Å². The summed E-state index contributed by atoms with van der Waals surface area (Å²) in [5.41, 5.74) is 1.82. The molecule has 1 fully saturated rings. The fourth-order valence-corrected chi connectivity index (χ4v) is 3.23. The molecular formula is C21H25NO4. The highest BCUT2D eigenvalue weighted by Gasteiger charge is 2.45. The van der Waals surface area contributed by atoms with E-state index in [1.807, 2.05) is 30.0 Å². The first-order valence-electron chi connectivity index (χ1n) is 9.21. The summed E-state index contributed by atoms with van der Waals surface area (Å²) in [6.07, 6.45) is 5.58. The molecule has 1 aliphatic carbocycles. The Bertz CT molecular complexity index is 711. The van der Waals surface area contributed by atoms with E-state index in [1.165, 1.54) is 18.1 Å². The number of aryl methyl sites for hydroxylation is 1. The van der Waals surface area contributed by atoms with Crippen LogP contribution in [0.4, 0.5) is 0 Å². The highest BCUT2D eigenvalue weighted by atomic mass is 16.5. The van der Waals surface area contributed by atoms with Gasteiger partial charge in [-0.15, -0.1) is 0 Å². The summed E-state index contributed by atoms with van der Waals surface area (Å²) in [5.74, 6) is -0.0517. The Morgan fingerprint density at radius 2 is 2.04 bits per heavy atom. The van der Waals surface area contributed by atoms with Gasteiger partial charge in [-0.05, 0) is 43.7 Å². The Balaban J connectivity index is 1.57. The maximum absolute atomic E-state index is 12.8. The second-order valence-electron chi connectivity index (χ2n) is 6.71. The van der Waals surface area contributed by atoms with Crippen LogP contribution in [0.15, 0.2) is 53.3 Å². The summed E-state index contributed by atoms with van der Waals surface area (Å²) in [7, 11) is 0. The van der Waals surface area contributed by atoms with Gasteiger partial charge in [0.05, 0.1) is 24.4 Å². The lowest BCUT2D eigenvalue weighted by Gasteiger charge is -2.22. The van der Waals surface area contributed by atoms with Crippen LogP contribution < -0.4 is 0 Å². The average Bonchev–Trinajstić information content (AvgIpc) is 3.21. The van der Waals surface area contributed by atoms with Gasteiger partial charge in [-0.2, -0.15) is 0 Å². The highest BCUT2D eigenvalue weighted by Crippen LogP contribution is 2.40. The van der Waals surface area contributed by atoms with E-state index in [1.54, 1.807) is 6.07 Å². The van der Waals surface area contributed by atoms with Crippen molar-refractivity contribution in [2.45, 2.75) is 26.2 Å². The standard InChI is InChI=1S/C21H25NO4/c1-2-26-21(24)19-13-18(19)14-22(20(23)17-10-12-25-15-17)11-6-9-16-7-4-3-5-8-16/h3-5,7-8,10,12,15,18-19H,2,6,9,11,13-14H2,1H3/t18-,19+/m0/s1. The molecule has 5 heteroatoms.